The van der Waals surface area contributed by atoms with Crippen molar-refractivity contribution < 1.29 is 22.7 Å². The highest BCUT2D eigenvalue weighted by atomic mass is 32.2. The number of aryl methyl sites for hydroxylation is 2. The number of amides is 1. The lowest BCUT2D eigenvalue weighted by atomic mass is 10.1. The Morgan fingerprint density at radius 2 is 1.75 bits per heavy atom. The van der Waals surface area contributed by atoms with Gasteiger partial charge < -0.3 is 14.4 Å². The zero-order chi connectivity index (χ0) is 17.9. The summed E-state index contributed by atoms with van der Waals surface area (Å²) in [6.45, 7) is 6.78. The van der Waals surface area contributed by atoms with Crippen molar-refractivity contribution >= 4 is 16.1 Å². The van der Waals surface area contributed by atoms with Crippen molar-refractivity contribution in [2.75, 3.05) is 39.9 Å². The monoisotopic (exact) mass is 356 g/mol. The van der Waals surface area contributed by atoms with E-state index in [2.05, 4.69) is 0 Å². The summed E-state index contributed by atoms with van der Waals surface area (Å²) in [5, 5.41) is 0. The fourth-order valence-corrected chi connectivity index (χ4v) is 4.44. The van der Waals surface area contributed by atoms with E-state index >= 15 is 0 Å². The summed E-state index contributed by atoms with van der Waals surface area (Å²) in [4.78, 5) is 13.5. The van der Waals surface area contributed by atoms with Crippen LogP contribution in [0.4, 0.5) is 4.79 Å². The fourth-order valence-electron chi connectivity index (χ4n) is 2.73. The molecule has 1 aliphatic rings. The number of hydrogen-bond acceptors (Lipinski definition) is 5. The molecule has 1 heterocycles. The molecule has 0 atom stereocenters. The Morgan fingerprint density at radius 1 is 1.12 bits per heavy atom. The average molecular weight is 356 g/mol. The van der Waals surface area contributed by atoms with Crippen LogP contribution in [0.1, 0.15) is 18.1 Å². The molecule has 0 aliphatic carbocycles. The van der Waals surface area contributed by atoms with Crippen LogP contribution in [0.2, 0.25) is 0 Å². The van der Waals surface area contributed by atoms with Gasteiger partial charge in [-0.2, -0.15) is 4.31 Å². The lowest BCUT2D eigenvalue weighted by Gasteiger charge is -2.33. The molecule has 0 radical (unpaired) electrons. The minimum Gasteiger partial charge on any atom is -0.496 e. The topological polar surface area (TPSA) is 76.2 Å². The Labute approximate surface area is 143 Å². The minimum atomic E-state index is -3.60. The molecular formula is C16H24N2O5S. The second-order valence-corrected chi connectivity index (χ2v) is 7.58. The summed E-state index contributed by atoms with van der Waals surface area (Å²) in [6.07, 6.45) is -0.397. The van der Waals surface area contributed by atoms with Gasteiger partial charge in [-0.3, -0.25) is 0 Å². The smallest absolute Gasteiger partial charge is 0.409 e. The van der Waals surface area contributed by atoms with Crippen molar-refractivity contribution in [1.82, 2.24) is 9.21 Å². The maximum atomic E-state index is 12.9. The molecule has 8 heteroatoms. The first kappa shape index (κ1) is 18.5. The number of methoxy groups -OCH3 is 1. The van der Waals surface area contributed by atoms with Gasteiger partial charge in [0.1, 0.15) is 5.75 Å². The Kier molecular flexibility index (Phi) is 5.71. The summed E-state index contributed by atoms with van der Waals surface area (Å²) in [7, 11) is -2.04. The molecule has 0 aromatic heterocycles. The molecule has 0 saturated carbocycles. The third-order valence-electron chi connectivity index (χ3n) is 4.07. The largest absolute Gasteiger partial charge is 0.496 e. The zero-order valence-corrected chi connectivity index (χ0v) is 15.4. The number of nitrogens with zero attached hydrogens (tertiary/aromatic N) is 2. The van der Waals surface area contributed by atoms with Gasteiger partial charge in [0.25, 0.3) is 0 Å². The number of piperazine rings is 1. The summed E-state index contributed by atoms with van der Waals surface area (Å²) in [5.74, 6) is 0.665. The molecule has 0 spiro atoms. The van der Waals surface area contributed by atoms with Crippen molar-refractivity contribution in [3.05, 3.63) is 23.3 Å². The highest BCUT2D eigenvalue weighted by Gasteiger charge is 2.31. The molecule has 1 aliphatic heterocycles. The lowest BCUT2D eigenvalue weighted by Crippen LogP contribution is -2.50. The third kappa shape index (κ3) is 3.64. The van der Waals surface area contributed by atoms with Gasteiger partial charge in [-0.15, -0.1) is 0 Å². The van der Waals surface area contributed by atoms with Crippen molar-refractivity contribution in [2.45, 2.75) is 25.7 Å². The van der Waals surface area contributed by atoms with Crippen molar-refractivity contribution in [3.63, 3.8) is 0 Å². The summed E-state index contributed by atoms with van der Waals surface area (Å²) < 4.78 is 37.4. The molecular weight excluding hydrogens is 332 g/mol. The zero-order valence-electron chi connectivity index (χ0n) is 14.5. The highest BCUT2D eigenvalue weighted by molar-refractivity contribution is 7.89. The fraction of sp³-hybridized carbons (Fsp3) is 0.562. The Bertz CT molecular complexity index is 709. The summed E-state index contributed by atoms with van der Waals surface area (Å²) in [6, 6.07) is 3.37. The molecule has 1 saturated heterocycles. The van der Waals surface area contributed by atoms with Gasteiger partial charge >= 0.3 is 6.09 Å². The molecule has 2 rings (SSSR count). The van der Waals surface area contributed by atoms with Gasteiger partial charge in [-0.25, -0.2) is 13.2 Å². The van der Waals surface area contributed by atoms with Crippen molar-refractivity contribution in [3.8, 4) is 5.75 Å². The normalized spacial score (nSPS) is 16.1. The Morgan fingerprint density at radius 3 is 2.29 bits per heavy atom. The van der Waals surface area contributed by atoms with Gasteiger partial charge in [0.2, 0.25) is 10.0 Å². The number of hydrogen-bond donors (Lipinski definition) is 0. The Balaban J connectivity index is 2.18. The van der Waals surface area contributed by atoms with E-state index in [0.29, 0.717) is 31.0 Å². The number of carbonyl (C=O) groups is 1. The predicted octanol–water partition coefficient (Wildman–Crippen LogP) is 1.77. The maximum Gasteiger partial charge on any atom is 0.409 e. The number of carbonyl (C=O) groups excluding carboxylic acids is 1. The van der Waals surface area contributed by atoms with E-state index in [1.165, 1.54) is 9.21 Å². The first-order valence-corrected chi connectivity index (χ1v) is 9.32. The maximum absolute atomic E-state index is 12.9. The van der Waals surface area contributed by atoms with Crippen LogP contribution in [0.5, 0.6) is 5.75 Å². The van der Waals surface area contributed by atoms with Crippen LogP contribution in [0.25, 0.3) is 0 Å². The van der Waals surface area contributed by atoms with E-state index in [9.17, 15) is 13.2 Å². The van der Waals surface area contributed by atoms with E-state index in [1.54, 1.807) is 33.1 Å². The van der Waals surface area contributed by atoms with E-state index in [0.717, 1.165) is 5.56 Å². The van der Waals surface area contributed by atoms with Gasteiger partial charge in [0.15, 0.2) is 0 Å². The van der Waals surface area contributed by atoms with E-state index in [-0.39, 0.29) is 18.0 Å². The van der Waals surface area contributed by atoms with Gasteiger partial charge in [0, 0.05) is 26.2 Å². The third-order valence-corrected chi connectivity index (χ3v) is 6.12. The highest BCUT2D eigenvalue weighted by Crippen LogP contribution is 2.28. The molecule has 24 heavy (non-hydrogen) atoms. The van der Waals surface area contributed by atoms with Crippen LogP contribution in [-0.2, 0) is 14.8 Å². The number of rotatable bonds is 4. The van der Waals surface area contributed by atoms with Crippen LogP contribution in [-0.4, -0.2) is 63.6 Å². The molecule has 1 aromatic carbocycles. The van der Waals surface area contributed by atoms with Crippen LogP contribution in [0, 0.1) is 13.8 Å². The number of ether oxygens (including phenoxy) is 2. The number of sulfonamides is 1. The first-order chi connectivity index (χ1) is 11.3. The van der Waals surface area contributed by atoms with Crippen LogP contribution >= 0.6 is 0 Å². The van der Waals surface area contributed by atoms with Crippen LogP contribution in [0.15, 0.2) is 17.0 Å². The van der Waals surface area contributed by atoms with E-state index in [1.807, 2.05) is 6.92 Å². The summed E-state index contributed by atoms with van der Waals surface area (Å²) >= 11 is 0. The number of benzene rings is 1. The quantitative estimate of drug-likeness (QED) is 0.822. The molecule has 0 bridgehead atoms. The molecule has 1 amide bonds. The molecule has 7 nitrogen and oxygen atoms in total. The molecule has 1 aromatic rings. The van der Waals surface area contributed by atoms with Crippen molar-refractivity contribution in [1.29, 1.82) is 0 Å². The molecule has 134 valence electrons. The first-order valence-electron chi connectivity index (χ1n) is 7.88. The van der Waals surface area contributed by atoms with E-state index < -0.39 is 16.1 Å². The second kappa shape index (κ2) is 7.40. The molecule has 1 fully saturated rings. The van der Waals surface area contributed by atoms with Gasteiger partial charge in [-0.1, -0.05) is 0 Å². The molecule has 0 unspecified atom stereocenters. The average Bonchev–Trinajstić information content (AvgIpc) is 2.56. The standard InChI is InChI=1S/C16H24N2O5S/c1-5-23-16(19)17-6-8-18(9-7-17)24(20,21)15-11-12(2)14(22-4)10-13(15)3/h10-11H,5-9H2,1-4H3. The summed E-state index contributed by atoms with van der Waals surface area (Å²) in [5.41, 5.74) is 1.41. The predicted molar refractivity (Wildman–Crippen MR) is 89.8 cm³/mol. The Hall–Kier alpha value is -1.80. The van der Waals surface area contributed by atoms with Crippen LogP contribution < -0.4 is 4.74 Å². The SMILES string of the molecule is CCOC(=O)N1CCN(S(=O)(=O)c2cc(C)c(OC)cc2C)CC1. The molecule has 0 N–H and O–H groups in total. The van der Waals surface area contributed by atoms with Crippen LogP contribution in [0.3, 0.4) is 0 Å². The second-order valence-electron chi connectivity index (χ2n) is 5.68. The van der Waals surface area contributed by atoms with Gasteiger partial charge in [0.05, 0.1) is 18.6 Å². The lowest BCUT2D eigenvalue weighted by molar-refractivity contribution is 0.0934. The van der Waals surface area contributed by atoms with Gasteiger partial charge in [-0.05, 0) is 44.0 Å². The van der Waals surface area contributed by atoms with Crippen molar-refractivity contribution in [2.24, 2.45) is 0 Å². The van der Waals surface area contributed by atoms with E-state index in [4.69, 9.17) is 9.47 Å². The minimum absolute atomic E-state index is 0.256.